The van der Waals surface area contributed by atoms with E-state index < -0.39 is 0 Å². The zero-order valence-corrected chi connectivity index (χ0v) is 18.1. The Labute approximate surface area is 180 Å². The molecule has 9 nitrogen and oxygen atoms in total. The molecule has 0 amide bonds. The van der Waals surface area contributed by atoms with Crippen LogP contribution >= 0.6 is 0 Å². The molecule has 5 rings (SSSR count). The van der Waals surface area contributed by atoms with Gasteiger partial charge in [0, 0.05) is 17.5 Å². The summed E-state index contributed by atoms with van der Waals surface area (Å²) in [4.78, 5) is 9.41. The van der Waals surface area contributed by atoms with Crippen LogP contribution in [0.4, 0.5) is 5.95 Å². The van der Waals surface area contributed by atoms with Crippen LogP contribution < -0.4 is 15.4 Å². The number of hydrogen-bond acceptors (Lipinski definition) is 7. The Kier molecular flexibility index (Phi) is 5.19. The van der Waals surface area contributed by atoms with Gasteiger partial charge in [0.05, 0.1) is 24.0 Å². The molecule has 4 aromatic rings. The lowest BCUT2D eigenvalue weighted by Gasteiger charge is -2.23. The highest BCUT2D eigenvalue weighted by Gasteiger charge is 2.21. The molecule has 3 aromatic heterocycles. The normalized spacial score (nSPS) is 18.0. The van der Waals surface area contributed by atoms with Gasteiger partial charge in [0.1, 0.15) is 6.10 Å². The van der Waals surface area contributed by atoms with Crippen LogP contribution in [-0.2, 0) is 0 Å². The second-order valence-corrected chi connectivity index (χ2v) is 8.49. The number of nitrogens with zero attached hydrogens (tertiary/aromatic N) is 5. The summed E-state index contributed by atoms with van der Waals surface area (Å²) in [6.07, 6.45) is 5.88. The molecule has 0 aliphatic carbocycles. The van der Waals surface area contributed by atoms with Crippen LogP contribution in [0.1, 0.15) is 56.7 Å². The predicted molar refractivity (Wildman–Crippen MR) is 120 cm³/mol. The third-order valence-electron chi connectivity index (χ3n) is 5.83. The number of nitrogens with one attached hydrogen (secondary N) is 3. The van der Waals surface area contributed by atoms with Crippen LogP contribution in [0.5, 0.6) is 6.01 Å². The van der Waals surface area contributed by atoms with Crippen molar-refractivity contribution in [1.29, 1.82) is 0 Å². The van der Waals surface area contributed by atoms with E-state index >= 15 is 0 Å². The van der Waals surface area contributed by atoms with Crippen molar-refractivity contribution in [1.82, 2.24) is 35.1 Å². The lowest BCUT2D eigenvalue weighted by Crippen LogP contribution is -2.37. The molecule has 1 unspecified atom stereocenters. The lowest BCUT2D eigenvalue weighted by molar-refractivity contribution is 0.153. The highest BCUT2D eigenvalue weighted by atomic mass is 16.5. The minimum absolute atomic E-state index is 0.00768. The summed E-state index contributed by atoms with van der Waals surface area (Å²) >= 11 is 0. The SMILES string of the molecule is CC(C)c1cnn2c(NC(C)c3ccc4[nH]ncc4c3)nc(O[C@@H]3CCCNC3)nc12. The van der Waals surface area contributed by atoms with Gasteiger partial charge in [-0.3, -0.25) is 5.10 Å². The number of rotatable bonds is 6. The van der Waals surface area contributed by atoms with Gasteiger partial charge in [-0.1, -0.05) is 19.9 Å². The monoisotopic (exact) mass is 420 g/mol. The molecule has 0 saturated carbocycles. The van der Waals surface area contributed by atoms with Crippen LogP contribution in [0.2, 0.25) is 0 Å². The molecule has 2 atom stereocenters. The van der Waals surface area contributed by atoms with Crippen molar-refractivity contribution in [3.8, 4) is 6.01 Å². The number of hydrogen-bond donors (Lipinski definition) is 3. The summed E-state index contributed by atoms with van der Waals surface area (Å²) in [5.74, 6) is 0.917. The molecule has 1 aliphatic heterocycles. The Bertz CT molecular complexity index is 1190. The topological polar surface area (TPSA) is 105 Å². The van der Waals surface area contributed by atoms with E-state index in [1.165, 1.54) is 0 Å². The fourth-order valence-corrected chi connectivity index (χ4v) is 4.01. The first-order valence-electron chi connectivity index (χ1n) is 10.9. The van der Waals surface area contributed by atoms with Crippen molar-refractivity contribution in [3.63, 3.8) is 0 Å². The van der Waals surface area contributed by atoms with Crippen molar-refractivity contribution >= 4 is 22.5 Å². The quantitative estimate of drug-likeness (QED) is 0.439. The molecule has 0 radical (unpaired) electrons. The second-order valence-electron chi connectivity index (χ2n) is 8.49. The minimum atomic E-state index is 0.00768. The van der Waals surface area contributed by atoms with Crippen molar-refractivity contribution in [3.05, 3.63) is 41.7 Å². The number of H-pyrrole nitrogens is 1. The first kappa shape index (κ1) is 19.7. The maximum atomic E-state index is 6.16. The smallest absolute Gasteiger partial charge is 0.322 e. The molecule has 3 N–H and O–H groups in total. The van der Waals surface area contributed by atoms with Crippen LogP contribution in [0.25, 0.3) is 16.6 Å². The molecule has 1 saturated heterocycles. The standard InChI is InChI=1S/C22H28N8O/c1-13(2)18-12-25-30-20(18)27-22(31-17-5-4-8-23-11-17)28-21(30)26-14(3)15-6-7-19-16(9-15)10-24-29-19/h6-7,9-10,12-14,17,23H,4-5,8,11H2,1-3H3,(H,24,29)(H,26,27,28)/t14?,17-/m1/s1. The van der Waals surface area contributed by atoms with Gasteiger partial charge in [0.15, 0.2) is 5.65 Å². The van der Waals surface area contributed by atoms with Crippen molar-refractivity contribution in [2.75, 3.05) is 18.4 Å². The Balaban J connectivity index is 1.49. The van der Waals surface area contributed by atoms with Gasteiger partial charge >= 0.3 is 6.01 Å². The van der Waals surface area contributed by atoms with E-state index in [2.05, 4.69) is 58.8 Å². The van der Waals surface area contributed by atoms with Gasteiger partial charge in [-0.25, -0.2) is 0 Å². The zero-order chi connectivity index (χ0) is 21.4. The van der Waals surface area contributed by atoms with E-state index in [1.54, 1.807) is 4.52 Å². The van der Waals surface area contributed by atoms with Crippen LogP contribution in [0.3, 0.4) is 0 Å². The molecule has 162 valence electrons. The predicted octanol–water partition coefficient (Wildman–Crippen LogP) is 3.43. The van der Waals surface area contributed by atoms with Crippen LogP contribution in [0, 0.1) is 0 Å². The van der Waals surface area contributed by atoms with E-state index in [0.29, 0.717) is 17.9 Å². The van der Waals surface area contributed by atoms with Gasteiger partial charge in [0.2, 0.25) is 5.95 Å². The highest BCUT2D eigenvalue weighted by Crippen LogP contribution is 2.26. The Morgan fingerprint density at radius 1 is 1.19 bits per heavy atom. The van der Waals surface area contributed by atoms with Crippen molar-refractivity contribution in [2.45, 2.75) is 51.7 Å². The molecular formula is C22H28N8O. The number of benzene rings is 1. The van der Waals surface area contributed by atoms with E-state index in [4.69, 9.17) is 14.7 Å². The molecule has 0 spiro atoms. The number of aromatic amines is 1. The average Bonchev–Trinajstić information content (AvgIpc) is 3.41. The minimum Gasteiger partial charge on any atom is -0.459 e. The summed E-state index contributed by atoms with van der Waals surface area (Å²) in [5.41, 5.74) is 4.01. The van der Waals surface area contributed by atoms with Gasteiger partial charge in [-0.15, -0.1) is 0 Å². The van der Waals surface area contributed by atoms with E-state index in [1.807, 2.05) is 18.5 Å². The van der Waals surface area contributed by atoms with Gasteiger partial charge < -0.3 is 15.4 Å². The molecule has 0 bridgehead atoms. The summed E-state index contributed by atoms with van der Waals surface area (Å²) in [5, 5.41) is 19.6. The van der Waals surface area contributed by atoms with E-state index in [0.717, 1.165) is 53.6 Å². The van der Waals surface area contributed by atoms with Gasteiger partial charge in [-0.05, 0) is 49.9 Å². The molecule has 4 heterocycles. The van der Waals surface area contributed by atoms with Crippen LogP contribution in [0.15, 0.2) is 30.6 Å². The fourth-order valence-electron chi connectivity index (χ4n) is 4.01. The molecule has 1 fully saturated rings. The Hall–Kier alpha value is -3.20. The molecule has 1 aliphatic rings. The third-order valence-corrected chi connectivity index (χ3v) is 5.83. The number of piperidine rings is 1. The largest absolute Gasteiger partial charge is 0.459 e. The maximum absolute atomic E-state index is 6.16. The first-order chi connectivity index (χ1) is 15.1. The third kappa shape index (κ3) is 3.93. The number of aromatic nitrogens is 6. The average molecular weight is 421 g/mol. The first-order valence-corrected chi connectivity index (χ1v) is 10.9. The molecule has 9 heteroatoms. The second kappa shape index (κ2) is 8.14. The molecule has 1 aromatic carbocycles. The zero-order valence-electron chi connectivity index (χ0n) is 18.1. The maximum Gasteiger partial charge on any atom is 0.322 e. The lowest BCUT2D eigenvalue weighted by atomic mass is 10.1. The Morgan fingerprint density at radius 2 is 2.10 bits per heavy atom. The fraction of sp³-hybridized carbons (Fsp3) is 0.455. The highest BCUT2D eigenvalue weighted by molar-refractivity contribution is 5.78. The van der Waals surface area contributed by atoms with E-state index in [-0.39, 0.29) is 12.1 Å². The summed E-state index contributed by atoms with van der Waals surface area (Å²) in [7, 11) is 0. The van der Waals surface area contributed by atoms with Gasteiger partial charge in [-0.2, -0.15) is 24.7 Å². The van der Waals surface area contributed by atoms with Crippen molar-refractivity contribution in [2.24, 2.45) is 0 Å². The van der Waals surface area contributed by atoms with Crippen LogP contribution in [-0.4, -0.2) is 49.0 Å². The van der Waals surface area contributed by atoms with E-state index in [9.17, 15) is 0 Å². The van der Waals surface area contributed by atoms with Crippen molar-refractivity contribution < 1.29 is 4.74 Å². The summed E-state index contributed by atoms with van der Waals surface area (Å²) in [6.45, 7) is 8.23. The number of fused-ring (bicyclic) bond motifs is 2. The Morgan fingerprint density at radius 3 is 2.90 bits per heavy atom. The summed E-state index contributed by atoms with van der Waals surface area (Å²) in [6, 6.07) is 6.66. The molecule has 31 heavy (non-hydrogen) atoms. The van der Waals surface area contributed by atoms with Gasteiger partial charge in [0.25, 0.3) is 0 Å². The number of anilines is 1. The summed E-state index contributed by atoms with van der Waals surface area (Å²) < 4.78 is 7.94. The molecular weight excluding hydrogens is 392 g/mol. The number of ether oxygens (including phenoxy) is 1.